The zero-order valence-electron chi connectivity index (χ0n) is 9.48. The maximum absolute atomic E-state index is 5.90. The van der Waals surface area contributed by atoms with Crippen LogP contribution in [0.4, 0.5) is 22.7 Å². The monoisotopic (exact) mass is 228 g/mol. The number of hydrogen-bond donors (Lipinski definition) is 4. The Morgan fingerprint density at radius 1 is 0.706 bits per heavy atom. The van der Waals surface area contributed by atoms with Crippen LogP contribution >= 0.6 is 0 Å². The van der Waals surface area contributed by atoms with E-state index in [0.717, 1.165) is 17.5 Å². The third-order valence-corrected chi connectivity index (χ3v) is 2.72. The van der Waals surface area contributed by atoms with Gasteiger partial charge in [0.25, 0.3) is 0 Å². The number of anilines is 4. The summed E-state index contributed by atoms with van der Waals surface area (Å²) in [5.74, 6) is 0. The number of nitrogen functional groups attached to an aromatic ring is 4. The SMILES string of the molecule is Nc1ccc(Cc2ccc(N)c(N)c2)c(N)c1. The highest BCUT2D eigenvalue weighted by Crippen LogP contribution is 2.22. The minimum atomic E-state index is 0.594. The van der Waals surface area contributed by atoms with E-state index in [1.54, 1.807) is 12.1 Å². The van der Waals surface area contributed by atoms with E-state index in [2.05, 4.69) is 0 Å². The molecule has 88 valence electrons. The molecule has 4 heteroatoms. The van der Waals surface area contributed by atoms with E-state index in [-0.39, 0.29) is 0 Å². The third-order valence-electron chi connectivity index (χ3n) is 2.72. The van der Waals surface area contributed by atoms with E-state index in [1.165, 1.54) is 0 Å². The molecule has 0 spiro atoms. The van der Waals surface area contributed by atoms with Crippen LogP contribution in [0.5, 0.6) is 0 Å². The van der Waals surface area contributed by atoms with Crippen molar-refractivity contribution >= 4 is 22.7 Å². The van der Waals surface area contributed by atoms with Crippen LogP contribution < -0.4 is 22.9 Å². The summed E-state index contributed by atoms with van der Waals surface area (Å²) in [7, 11) is 0. The summed E-state index contributed by atoms with van der Waals surface area (Å²) in [6.45, 7) is 0. The van der Waals surface area contributed by atoms with Crippen LogP contribution in [0.15, 0.2) is 36.4 Å². The first-order chi connectivity index (χ1) is 8.06. The molecule has 0 aromatic heterocycles. The van der Waals surface area contributed by atoms with Crippen molar-refractivity contribution in [1.29, 1.82) is 0 Å². The summed E-state index contributed by atoms with van der Waals surface area (Å²) in [6, 6.07) is 11.1. The van der Waals surface area contributed by atoms with Crippen LogP contribution in [0.3, 0.4) is 0 Å². The minimum absolute atomic E-state index is 0.594. The number of hydrogen-bond acceptors (Lipinski definition) is 4. The lowest BCUT2D eigenvalue weighted by atomic mass is 10.0. The molecule has 0 unspecified atom stereocenters. The van der Waals surface area contributed by atoms with Gasteiger partial charge in [0, 0.05) is 11.4 Å². The molecule has 0 aliphatic carbocycles. The highest BCUT2D eigenvalue weighted by Gasteiger charge is 2.03. The topological polar surface area (TPSA) is 104 Å². The van der Waals surface area contributed by atoms with Gasteiger partial charge in [-0.15, -0.1) is 0 Å². The molecule has 0 radical (unpaired) electrons. The van der Waals surface area contributed by atoms with E-state index in [1.807, 2.05) is 24.3 Å². The maximum atomic E-state index is 5.90. The molecular weight excluding hydrogens is 212 g/mol. The lowest BCUT2D eigenvalue weighted by Gasteiger charge is -2.08. The molecule has 0 saturated carbocycles. The Kier molecular flexibility index (Phi) is 2.78. The Morgan fingerprint density at radius 3 is 2.12 bits per heavy atom. The van der Waals surface area contributed by atoms with Gasteiger partial charge in [0.1, 0.15) is 0 Å². The fourth-order valence-corrected chi connectivity index (χ4v) is 1.73. The van der Waals surface area contributed by atoms with Crippen molar-refractivity contribution in [3.8, 4) is 0 Å². The van der Waals surface area contributed by atoms with Crippen LogP contribution in [0, 0.1) is 0 Å². The number of nitrogens with two attached hydrogens (primary N) is 4. The molecule has 0 saturated heterocycles. The predicted octanol–water partition coefficient (Wildman–Crippen LogP) is 1.61. The van der Waals surface area contributed by atoms with Crippen molar-refractivity contribution < 1.29 is 0 Å². The Balaban J connectivity index is 2.28. The fourth-order valence-electron chi connectivity index (χ4n) is 1.73. The summed E-state index contributed by atoms with van der Waals surface area (Å²) in [6.07, 6.45) is 0.719. The van der Waals surface area contributed by atoms with Gasteiger partial charge in [-0.3, -0.25) is 0 Å². The van der Waals surface area contributed by atoms with Gasteiger partial charge < -0.3 is 22.9 Å². The Bertz CT molecular complexity index is 549. The molecule has 0 aliphatic rings. The van der Waals surface area contributed by atoms with Gasteiger partial charge in [-0.05, 0) is 41.8 Å². The largest absolute Gasteiger partial charge is 0.399 e. The fraction of sp³-hybridized carbons (Fsp3) is 0.0769. The lowest BCUT2D eigenvalue weighted by molar-refractivity contribution is 1.20. The van der Waals surface area contributed by atoms with Gasteiger partial charge in [-0.2, -0.15) is 0 Å². The molecule has 2 rings (SSSR count). The Morgan fingerprint density at radius 2 is 1.47 bits per heavy atom. The van der Waals surface area contributed by atoms with Gasteiger partial charge in [-0.25, -0.2) is 0 Å². The Labute approximate surface area is 100 Å². The second-order valence-corrected chi connectivity index (χ2v) is 4.10. The standard InChI is InChI=1S/C13H16N4/c14-10-3-2-9(12(16)7-10)5-8-1-4-11(15)13(17)6-8/h1-4,6-7H,5,14-17H2. The molecule has 2 aromatic carbocycles. The second kappa shape index (κ2) is 4.25. The first kappa shape index (κ1) is 11.1. The number of benzene rings is 2. The molecule has 0 bridgehead atoms. The van der Waals surface area contributed by atoms with Crippen molar-refractivity contribution in [2.75, 3.05) is 22.9 Å². The average Bonchev–Trinajstić information content (AvgIpc) is 2.27. The molecule has 4 nitrogen and oxygen atoms in total. The first-order valence-electron chi connectivity index (χ1n) is 5.34. The number of rotatable bonds is 2. The highest BCUT2D eigenvalue weighted by atomic mass is 14.7. The van der Waals surface area contributed by atoms with Crippen LogP contribution in [-0.2, 0) is 6.42 Å². The van der Waals surface area contributed by atoms with Crippen LogP contribution in [0.1, 0.15) is 11.1 Å². The van der Waals surface area contributed by atoms with Crippen LogP contribution in [-0.4, -0.2) is 0 Å². The van der Waals surface area contributed by atoms with E-state index >= 15 is 0 Å². The molecule has 2 aromatic rings. The van der Waals surface area contributed by atoms with E-state index < -0.39 is 0 Å². The zero-order chi connectivity index (χ0) is 12.4. The Hall–Kier alpha value is -2.36. The smallest absolute Gasteiger partial charge is 0.0550 e. The van der Waals surface area contributed by atoms with Crippen molar-refractivity contribution in [3.63, 3.8) is 0 Å². The predicted molar refractivity (Wildman–Crippen MR) is 73.3 cm³/mol. The normalized spacial score (nSPS) is 10.4. The minimum Gasteiger partial charge on any atom is -0.399 e. The van der Waals surface area contributed by atoms with Crippen molar-refractivity contribution in [2.45, 2.75) is 6.42 Å². The van der Waals surface area contributed by atoms with E-state index in [9.17, 15) is 0 Å². The zero-order valence-corrected chi connectivity index (χ0v) is 9.48. The molecule has 0 amide bonds. The van der Waals surface area contributed by atoms with Crippen molar-refractivity contribution in [3.05, 3.63) is 47.5 Å². The van der Waals surface area contributed by atoms with Gasteiger partial charge in [-0.1, -0.05) is 12.1 Å². The van der Waals surface area contributed by atoms with Gasteiger partial charge in [0.05, 0.1) is 11.4 Å². The molecule has 0 atom stereocenters. The summed E-state index contributed by atoms with van der Waals surface area (Å²) in [5.41, 5.74) is 27.6. The summed E-state index contributed by atoms with van der Waals surface area (Å²) < 4.78 is 0. The van der Waals surface area contributed by atoms with Gasteiger partial charge >= 0.3 is 0 Å². The van der Waals surface area contributed by atoms with Crippen LogP contribution in [0.2, 0.25) is 0 Å². The van der Waals surface area contributed by atoms with Crippen molar-refractivity contribution in [1.82, 2.24) is 0 Å². The molecular formula is C13H16N4. The third kappa shape index (κ3) is 2.42. The van der Waals surface area contributed by atoms with Crippen molar-refractivity contribution in [2.24, 2.45) is 0 Å². The summed E-state index contributed by atoms with van der Waals surface area (Å²) >= 11 is 0. The molecule has 0 aliphatic heterocycles. The van der Waals surface area contributed by atoms with E-state index in [4.69, 9.17) is 22.9 Å². The second-order valence-electron chi connectivity index (χ2n) is 4.10. The molecule has 0 heterocycles. The van der Waals surface area contributed by atoms with Gasteiger partial charge in [0.15, 0.2) is 0 Å². The van der Waals surface area contributed by atoms with E-state index in [0.29, 0.717) is 22.7 Å². The van der Waals surface area contributed by atoms with Crippen LogP contribution in [0.25, 0.3) is 0 Å². The lowest BCUT2D eigenvalue weighted by Crippen LogP contribution is -1.99. The first-order valence-corrected chi connectivity index (χ1v) is 5.34. The highest BCUT2D eigenvalue weighted by molar-refractivity contribution is 5.65. The maximum Gasteiger partial charge on any atom is 0.0550 e. The quantitative estimate of drug-likeness (QED) is 0.586. The summed E-state index contributed by atoms with van der Waals surface area (Å²) in [4.78, 5) is 0. The molecule has 17 heavy (non-hydrogen) atoms. The van der Waals surface area contributed by atoms with Gasteiger partial charge in [0.2, 0.25) is 0 Å². The molecule has 0 fully saturated rings. The average molecular weight is 228 g/mol. The summed E-state index contributed by atoms with van der Waals surface area (Å²) in [5, 5.41) is 0. The molecule has 8 N–H and O–H groups in total.